The highest BCUT2D eigenvalue weighted by molar-refractivity contribution is 5.90. The fraction of sp³-hybridized carbons (Fsp3) is 0.619. The first-order chi connectivity index (χ1) is 12.6. The van der Waals surface area contributed by atoms with Crippen LogP contribution in [0.3, 0.4) is 0 Å². The molecule has 1 aliphatic carbocycles. The molecular weight excluding hydrogens is 362 g/mol. The van der Waals surface area contributed by atoms with Crippen LogP contribution in [0.2, 0.25) is 0 Å². The number of halogens is 1. The van der Waals surface area contributed by atoms with E-state index < -0.39 is 5.54 Å². The molecule has 6 heteroatoms. The number of rotatable bonds is 5. The summed E-state index contributed by atoms with van der Waals surface area (Å²) in [5, 5.41) is 2.79. The Labute approximate surface area is 168 Å². The van der Waals surface area contributed by atoms with E-state index in [4.69, 9.17) is 5.73 Å². The summed E-state index contributed by atoms with van der Waals surface area (Å²) in [5.74, 6) is 0.478. The van der Waals surface area contributed by atoms with E-state index in [0.29, 0.717) is 5.92 Å². The number of carbonyl (C=O) groups excluding carboxylic acids is 2. The van der Waals surface area contributed by atoms with Crippen molar-refractivity contribution in [3.8, 4) is 0 Å². The van der Waals surface area contributed by atoms with E-state index in [2.05, 4.69) is 29.6 Å². The molecule has 0 radical (unpaired) electrons. The predicted octanol–water partition coefficient (Wildman–Crippen LogP) is 2.67. The molecular formula is C21H32ClN3O2. The van der Waals surface area contributed by atoms with E-state index in [-0.39, 0.29) is 30.8 Å². The second-order valence-corrected chi connectivity index (χ2v) is 7.91. The molecule has 3 rings (SSSR count). The van der Waals surface area contributed by atoms with E-state index in [0.717, 1.165) is 64.5 Å². The maximum atomic E-state index is 12.4. The van der Waals surface area contributed by atoms with Gasteiger partial charge in [0.15, 0.2) is 0 Å². The van der Waals surface area contributed by atoms with Crippen LogP contribution in [0.25, 0.3) is 0 Å². The third kappa shape index (κ3) is 5.94. The van der Waals surface area contributed by atoms with Crippen LogP contribution in [-0.2, 0) is 16.0 Å². The normalized spacial score (nSPS) is 19.8. The number of benzene rings is 1. The van der Waals surface area contributed by atoms with Gasteiger partial charge in [-0.2, -0.15) is 0 Å². The zero-order valence-corrected chi connectivity index (χ0v) is 16.8. The summed E-state index contributed by atoms with van der Waals surface area (Å²) in [5.41, 5.74) is 6.81. The van der Waals surface area contributed by atoms with E-state index in [9.17, 15) is 9.59 Å². The first-order valence-electron chi connectivity index (χ1n) is 9.96. The average molecular weight is 394 g/mol. The van der Waals surface area contributed by atoms with Gasteiger partial charge in [0.1, 0.15) is 0 Å². The number of likely N-dealkylation sites (tertiary alicyclic amines) is 1. The van der Waals surface area contributed by atoms with Crippen LogP contribution in [0.5, 0.6) is 0 Å². The van der Waals surface area contributed by atoms with Crippen molar-refractivity contribution in [2.45, 2.75) is 56.9 Å². The molecule has 2 fully saturated rings. The van der Waals surface area contributed by atoms with Gasteiger partial charge in [0, 0.05) is 13.1 Å². The Bertz CT molecular complexity index is 609. The van der Waals surface area contributed by atoms with Gasteiger partial charge in [0.2, 0.25) is 11.8 Å². The van der Waals surface area contributed by atoms with E-state index in [1.165, 1.54) is 5.56 Å². The maximum Gasteiger partial charge on any atom is 0.241 e. The van der Waals surface area contributed by atoms with Crippen molar-refractivity contribution in [2.24, 2.45) is 11.7 Å². The standard InChI is InChI=1S/C21H31N3O2.ClH/c22-21(11-5-2-6-12-21)20(26)23-16-19(25)24-13-9-18(10-14-24)15-17-7-3-1-4-8-17;/h1,3-4,7-8,18H,2,5-6,9-16,22H2,(H,23,26);1H. The van der Waals surface area contributed by atoms with Crippen LogP contribution < -0.4 is 11.1 Å². The van der Waals surface area contributed by atoms with Gasteiger partial charge in [-0.05, 0) is 43.6 Å². The molecule has 1 saturated heterocycles. The minimum atomic E-state index is -0.777. The van der Waals surface area contributed by atoms with Gasteiger partial charge in [0.05, 0.1) is 12.1 Å². The fourth-order valence-corrected chi connectivity index (χ4v) is 4.19. The Kier molecular flexibility index (Phi) is 8.11. The van der Waals surface area contributed by atoms with Crippen LogP contribution in [0, 0.1) is 5.92 Å². The van der Waals surface area contributed by atoms with Crippen LogP contribution >= 0.6 is 12.4 Å². The monoisotopic (exact) mass is 393 g/mol. The number of hydrogen-bond acceptors (Lipinski definition) is 3. The van der Waals surface area contributed by atoms with Crippen LogP contribution in [0.15, 0.2) is 30.3 Å². The van der Waals surface area contributed by atoms with Crippen LogP contribution in [0.1, 0.15) is 50.5 Å². The van der Waals surface area contributed by atoms with Crippen molar-refractivity contribution in [1.82, 2.24) is 10.2 Å². The molecule has 0 spiro atoms. The lowest BCUT2D eigenvalue weighted by atomic mass is 9.82. The smallest absolute Gasteiger partial charge is 0.241 e. The third-order valence-corrected chi connectivity index (χ3v) is 5.93. The second kappa shape index (κ2) is 10.1. The molecule has 0 unspecified atom stereocenters. The molecule has 1 aromatic carbocycles. The summed E-state index contributed by atoms with van der Waals surface area (Å²) in [6.07, 6.45) is 7.69. The highest BCUT2D eigenvalue weighted by Crippen LogP contribution is 2.26. The second-order valence-electron chi connectivity index (χ2n) is 7.91. The Balaban J connectivity index is 0.00000261. The minimum absolute atomic E-state index is 0. The van der Waals surface area contributed by atoms with Gasteiger partial charge in [-0.15, -0.1) is 12.4 Å². The Hall–Kier alpha value is -1.59. The molecule has 1 heterocycles. The lowest BCUT2D eigenvalue weighted by molar-refractivity contribution is -0.135. The number of nitrogens with one attached hydrogen (secondary N) is 1. The van der Waals surface area contributed by atoms with Crippen molar-refractivity contribution in [2.75, 3.05) is 19.6 Å². The molecule has 150 valence electrons. The summed E-state index contributed by atoms with van der Waals surface area (Å²) in [6.45, 7) is 1.63. The molecule has 0 aromatic heterocycles. The van der Waals surface area contributed by atoms with E-state index in [1.54, 1.807) is 0 Å². The van der Waals surface area contributed by atoms with Gasteiger partial charge in [-0.1, -0.05) is 49.6 Å². The molecule has 1 saturated carbocycles. The van der Waals surface area contributed by atoms with Gasteiger partial charge < -0.3 is 16.0 Å². The Morgan fingerprint density at radius 3 is 2.33 bits per heavy atom. The number of nitrogens with zero attached hydrogens (tertiary/aromatic N) is 1. The van der Waals surface area contributed by atoms with Gasteiger partial charge in [0.25, 0.3) is 0 Å². The summed E-state index contributed by atoms with van der Waals surface area (Å²) < 4.78 is 0. The third-order valence-electron chi connectivity index (χ3n) is 5.93. The predicted molar refractivity (Wildman–Crippen MR) is 110 cm³/mol. The number of carbonyl (C=O) groups is 2. The molecule has 27 heavy (non-hydrogen) atoms. The highest BCUT2D eigenvalue weighted by Gasteiger charge is 2.35. The fourth-order valence-electron chi connectivity index (χ4n) is 4.19. The number of nitrogens with two attached hydrogens (primary N) is 1. The van der Waals surface area contributed by atoms with Crippen molar-refractivity contribution in [1.29, 1.82) is 0 Å². The summed E-state index contributed by atoms with van der Waals surface area (Å²) >= 11 is 0. The average Bonchev–Trinajstić information content (AvgIpc) is 2.68. The number of amides is 2. The Morgan fingerprint density at radius 1 is 1.07 bits per heavy atom. The van der Waals surface area contributed by atoms with Crippen molar-refractivity contribution in [3.05, 3.63) is 35.9 Å². The quantitative estimate of drug-likeness (QED) is 0.807. The number of hydrogen-bond donors (Lipinski definition) is 2. The molecule has 3 N–H and O–H groups in total. The molecule has 0 atom stereocenters. The van der Waals surface area contributed by atoms with Gasteiger partial charge in [-0.25, -0.2) is 0 Å². The van der Waals surface area contributed by atoms with E-state index >= 15 is 0 Å². The summed E-state index contributed by atoms with van der Waals surface area (Å²) in [4.78, 5) is 26.7. The Morgan fingerprint density at radius 2 is 1.70 bits per heavy atom. The first kappa shape index (κ1) is 21.7. The zero-order valence-electron chi connectivity index (χ0n) is 16.0. The largest absolute Gasteiger partial charge is 0.345 e. The summed E-state index contributed by atoms with van der Waals surface area (Å²) in [6, 6.07) is 10.5. The first-order valence-corrected chi connectivity index (χ1v) is 9.96. The van der Waals surface area contributed by atoms with Crippen LogP contribution in [0.4, 0.5) is 0 Å². The van der Waals surface area contributed by atoms with Crippen molar-refractivity contribution in [3.63, 3.8) is 0 Å². The molecule has 0 bridgehead atoms. The number of piperidine rings is 1. The molecule has 1 aliphatic heterocycles. The summed E-state index contributed by atoms with van der Waals surface area (Å²) in [7, 11) is 0. The highest BCUT2D eigenvalue weighted by atomic mass is 35.5. The van der Waals surface area contributed by atoms with Gasteiger partial charge >= 0.3 is 0 Å². The lowest BCUT2D eigenvalue weighted by Crippen LogP contribution is -2.56. The maximum absolute atomic E-state index is 12.4. The zero-order chi connectivity index (χ0) is 18.4. The van der Waals surface area contributed by atoms with Gasteiger partial charge in [-0.3, -0.25) is 9.59 Å². The van der Waals surface area contributed by atoms with E-state index in [1.807, 2.05) is 11.0 Å². The minimum Gasteiger partial charge on any atom is -0.345 e. The SMILES string of the molecule is Cl.NC1(C(=O)NCC(=O)N2CCC(Cc3ccccc3)CC2)CCCCC1. The molecule has 2 aliphatic rings. The topological polar surface area (TPSA) is 75.4 Å². The van der Waals surface area contributed by atoms with Crippen LogP contribution in [-0.4, -0.2) is 41.9 Å². The molecule has 1 aromatic rings. The molecule has 2 amide bonds. The molecule has 5 nitrogen and oxygen atoms in total. The lowest BCUT2D eigenvalue weighted by Gasteiger charge is -2.34. The van der Waals surface area contributed by atoms with Crippen molar-refractivity contribution < 1.29 is 9.59 Å². The van der Waals surface area contributed by atoms with Crippen molar-refractivity contribution >= 4 is 24.2 Å².